The predicted molar refractivity (Wildman–Crippen MR) is 89.7 cm³/mol. The topological polar surface area (TPSA) is 82.5 Å². The molecule has 0 aliphatic rings. The van der Waals surface area contributed by atoms with Gasteiger partial charge in [-0.15, -0.1) is 0 Å². The molecule has 0 spiro atoms. The molecule has 0 aliphatic heterocycles. The molecule has 7 nitrogen and oxygen atoms in total. The smallest absolute Gasteiger partial charge is 0.256 e. The van der Waals surface area contributed by atoms with Crippen molar-refractivity contribution in [1.29, 1.82) is 0 Å². The molecular weight excluding hydrogens is 310 g/mol. The lowest BCUT2D eigenvalue weighted by atomic mass is 10.2. The lowest BCUT2D eigenvalue weighted by Crippen LogP contribution is -2.28. The molecule has 2 aromatic rings. The second-order valence-electron chi connectivity index (χ2n) is 5.18. The van der Waals surface area contributed by atoms with Crippen LogP contribution in [0.25, 0.3) is 0 Å². The van der Waals surface area contributed by atoms with Crippen molar-refractivity contribution < 1.29 is 14.3 Å². The van der Waals surface area contributed by atoms with Crippen LogP contribution in [-0.4, -0.2) is 36.2 Å². The minimum Gasteiger partial charge on any atom is -0.481 e. The molecule has 1 amide bonds. The standard InChI is InChI=1S/C17H21N3O4/c1-12-6-4-7-15(21)20(12)11-5-10-18-16(22)13-8-9-14(23-2)19-17(13)24-3/h4,6-9H,5,10-11H2,1-3H3,(H,18,22). The minimum atomic E-state index is -0.279. The van der Waals surface area contributed by atoms with Crippen LogP contribution in [0, 0.1) is 6.92 Å². The Kier molecular flexibility index (Phi) is 5.95. The SMILES string of the molecule is COc1ccc(C(=O)NCCCn2c(C)cccc2=O)c(OC)n1. The van der Waals surface area contributed by atoms with Gasteiger partial charge in [-0.05, 0) is 25.5 Å². The fourth-order valence-corrected chi connectivity index (χ4v) is 2.31. The largest absolute Gasteiger partial charge is 0.481 e. The van der Waals surface area contributed by atoms with E-state index in [4.69, 9.17) is 9.47 Å². The third kappa shape index (κ3) is 4.13. The number of hydrogen-bond acceptors (Lipinski definition) is 5. The molecule has 2 rings (SSSR count). The maximum atomic E-state index is 12.2. The number of nitrogens with zero attached hydrogens (tertiary/aromatic N) is 2. The number of pyridine rings is 2. The molecule has 0 unspecified atom stereocenters. The summed E-state index contributed by atoms with van der Waals surface area (Å²) in [5, 5.41) is 2.81. The van der Waals surface area contributed by atoms with Gasteiger partial charge in [0.05, 0.1) is 14.2 Å². The average Bonchev–Trinajstić information content (AvgIpc) is 2.59. The zero-order valence-electron chi connectivity index (χ0n) is 14.0. The Bertz CT molecular complexity index is 771. The predicted octanol–water partition coefficient (Wildman–Crippen LogP) is 1.39. The van der Waals surface area contributed by atoms with Crippen molar-refractivity contribution in [2.75, 3.05) is 20.8 Å². The Morgan fingerprint density at radius 2 is 2.00 bits per heavy atom. The zero-order chi connectivity index (χ0) is 17.5. The fourth-order valence-electron chi connectivity index (χ4n) is 2.31. The Hall–Kier alpha value is -2.83. The Morgan fingerprint density at radius 1 is 1.21 bits per heavy atom. The van der Waals surface area contributed by atoms with Gasteiger partial charge in [0.2, 0.25) is 11.8 Å². The van der Waals surface area contributed by atoms with Gasteiger partial charge < -0.3 is 19.4 Å². The first-order valence-electron chi connectivity index (χ1n) is 7.60. The highest BCUT2D eigenvalue weighted by atomic mass is 16.5. The van der Waals surface area contributed by atoms with Gasteiger partial charge in [0.25, 0.3) is 11.5 Å². The van der Waals surface area contributed by atoms with E-state index < -0.39 is 0 Å². The molecule has 0 aromatic carbocycles. The molecule has 1 N–H and O–H groups in total. The van der Waals surface area contributed by atoms with E-state index in [-0.39, 0.29) is 17.3 Å². The zero-order valence-corrected chi connectivity index (χ0v) is 14.0. The van der Waals surface area contributed by atoms with Gasteiger partial charge in [0.1, 0.15) is 5.56 Å². The van der Waals surface area contributed by atoms with E-state index >= 15 is 0 Å². The van der Waals surface area contributed by atoms with E-state index in [0.29, 0.717) is 31.0 Å². The Labute approximate surface area is 140 Å². The van der Waals surface area contributed by atoms with Crippen molar-refractivity contribution in [3.8, 4) is 11.8 Å². The normalized spacial score (nSPS) is 10.3. The van der Waals surface area contributed by atoms with Gasteiger partial charge in [-0.3, -0.25) is 9.59 Å². The maximum absolute atomic E-state index is 12.2. The summed E-state index contributed by atoms with van der Waals surface area (Å²) in [6.07, 6.45) is 0.641. The molecule has 0 fully saturated rings. The number of ether oxygens (including phenoxy) is 2. The second kappa shape index (κ2) is 8.14. The third-order valence-electron chi connectivity index (χ3n) is 3.59. The highest BCUT2D eigenvalue weighted by molar-refractivity contribution is 5.96. The summed E-state index contributed by atoms with van der Waals surface area (Å²) in [6, 6.07) is 8.35. The van der Waals surface area contributed by atoms with Gasteiger partial charge in [-0.1, -0.05) is 6.07 Å². The van der Waals surface area contributed by atoms with Crippen molar-refractivity contribution in [3.05, 3.63) is 51.9 Å². The van der Waals surface area contributed by atoms with Gasteiger partial charge in [-0.25, -0.2) is 0 Å². The quantitative estimate of drug-likeness (QED) is 0.775. The number of carbonyl (C=O) groups is 1. The molecule has 0 bridgehead atoms. The van der Waals surface area contributed by atoms with E-state index in [1.807, 2.05) is 13.0 Å². The van der Waals surface area contributed by atoms with Gasteiger partial charge in [-0.2, -0.15) is 4.98 Å². The van der Waals surface area contributed by atoms with Crippen molar-refractivity contribution >= 4 is 5.91 Å². The van der Waals surface area contributed by atoms with E-state index in [1.165, 1.54) is 20.3 Å². The maximum Gasteiger partial charge on any atom is 0.256 e. The molecule has 2 aromatic heterocycles. The first-order valence-corrected chi connectivity index (χ1v) is 7.60. The summed E-state index contributed by atoms with van der Waals surface area (Å²) in [7, 11) is 2.94. The molecule has 0 radical (unpaired) electrons. The summed E-state index contributed by atoms with van der Waals surface area (Å²) in [4.78, 5) is 28.1. The minimum absolute atomic E-state index is 0.0395. The number of nitrogens with one attached hydrogen (secondary N) is 1. The van der Waals surface area contributed by atoms with Crippen molar-refractivity contribution in [2.45, 2.75) is 19.9 Å². The Morgan fingerprint density at radius 3 is 2.67 bits per heavy atom. The van der Waals surface area contributed by atoms with Crippen LogP contribution in [-0.2, 0) is 6.54 Å². The lowest BCUT2D eigenvalue weighted by Gasteiger charge is -2.11. The van der Waals surface area contributed by atoms with E-state index in [1.54, 1.807) is 22.8 Å². The molecule has 0 saturated heterocycles. The van der Waals surface area contributed by atoms with Crippen LogP contribution >= 0.6 is 0 Å². The van der Waals surface area contributed by atoms with Crippen LogP contribution in [0.2, 0.25) is 0 Å². The molecular formula is C17H21N3O4. The van der Waals surface area contributed by atoms with Crippen LogP contribution in [0.15, 0.2) is 35.1 Å². The highest BCUT2D eigenvalue weighted by Gasteiger charge is 2.14. The van der Waals surface area contributed by atoms with Crippen molar-refractivity contribution in [1.82, 2.24) is 14.9 Å². The first-order chi connectivity index (χ1) is 11.6. The highest BCUT2D eigenvalue weighted by Crippen LogP contribution is 2.19. The summed E-state index contributed by atoms with van der Waals surface area (Å²) >= 11 is 0. The second-order valence-corrected chi connectivity index (χ2v) is 5.18. The fraction of sp³-hybridized carbons (Fsp3) is 0.353. The molecule has 24 heavy (non-hydrogen) atoms. The molecule has 0 atom stereocenters. The average molecular weight is 331 g/mol. The van der Waals surface area contributed by atoms with E-state index in [0.717, 1.165) is 5.69 Å². The number of amides is 1. The van der Waals surface area contributed by atoms with Crippen LogP contribution in [0.3, 0.4) is 0 Å². The third-order valence-corrected chi connectivity index (χ3v) is 3.59. The lowest BCUT2D eigenvalue weighted by molar-refractivity contribution is 0.0948. The molecule has 7 heteroatoms. The van der Waals surface area contributed by atoms with Crippen LogP contribution in [0.1, 0.15) is 22.5 Å². The van der Waals surface area contributed by atoms with E-state index in [9.17, 15) is 9.59 Å². The summed E-state index contributed by atoms with van der Waals surface area (Å²) < 4.78 is 11.8. The number of rotatable bonds is 7. The summed E-state index contributed by atoms with van der Waals surface area (Å²) in [5.41, 5.74) is 1.20. The number of methoxy groups -OCH3 is 2. The molecule has 128 valence electrons. The van der Waals surface area contributed by atoms with Crippen LogP contribution < -0.4 is 20.3 Å². The van der Waals surface area contributed by atoms with E-state index in [2.05, 4.69) is 10.3 Å². The number of hydrogen-bond donors (Lipinski definition) is 1. The van der Waals surface area contributed by atoms with Gasteiger partial charge >= 0.3 is 0 Å². The number of aromatic nitrogens is 2. The molecule has 0 aliphatic carbocycles. The number of aryl methyl sites for hydroxylation is 1. The first kappa shape index (κ1) is 17.5. The molecule has 2 heterocycles. The van der Waals surface area contributed by atoms with Crippen molar-refractivity contribution in [3.63, 3.8) is 0 Å². The van der Waals surface area contributed by atoms with Crippen LogP contribution in [0.4, 0.5) is 0 Å². The monoisotopic (exact) mass is 331 g/mol. The Balaban J connectivity index is 1.93. The van der Waals surface area contributed by atoms with Crippen LogP contribution in [0.5, 0.6) is 11.8 Å². The van der Waals surface area contributed by atoms with Crippen molar-refractivity contribution in [2.24, 2.45) is 0 Å². The summed E-state index contributed by atoms with van der Waals surface area (Å²) in [6.45, 7) is 2.87. The summed E-state index contributed by atoms with van der Waals surface area (Å²) in [5.74, 6) is 0.309. The van der Waals surface area contributed by atoms with Gasteiger partial charge in [0.15, 0.2) is 0 Å². The molecule has 0 saturated carbocycles. The van der Waals surface area contributed by atoms with Gasteiger partial charge in [0, 0.05) is 30.9 Å². The number of carbonyl (C=O) groups excluding carboxylic acids is 1.